The molecule has 16 heavy (non-hydrogen) atoms. The van der Waals surface area contributed by atoms with Gasteiger partial charge in [-0.2, -0.15) is 0 Å². The zero-order chi connectivity index (χ0) is 11.5. The van der Waals surface area contributed by atoms with Crippen molar-refractivity contribution in [2.75, 3.05) is 12.4 Å². The summed E-state index contributed by atoms with van der Waals surface area (Å²) >= 11 is 0. The van der Waals surface area contributed by atoms with Crippen LogP contribution in [0.2, 0.25) is 0 Å². The minimum absolute atomic E-state index is 0.0866. The predicted octanol–water partition coefficient (Wildman–Crippen LogP) is 0.949. The second kappa shape index (κ2) is 4.22. The first-order chi connectivity index (χ1) is 7.70. The Balaban J connectivity index is 2.15. The Labute approximate surface area is 92.4 Å². The summed E-state index contributed by atoms with van der Waals surface area (Å²) in [7, 11) is 1.27. The van der Waals surface area contributed by atoms with Gasteiger partial charge in [0.15, 0.2) is 6.10 Å². The van der Waals surface area contributed by atoms with Crippen LogP contribution in [-0.2, 0) is 14.3 Å². The van der Waals surface area contributed by atoms with Gasteiger partial charge in [0, 0.05) is 0 Å². The highest BCUT2D eigenvalue weighted by Gasteiger charge is 2.29. The second-order valence-electron chi connectivity index (χ2n) is 3.37. The average Bonchev–Trinajstić information content (AvgIpc) is 2.30. The van der Waals surface area contributed by atoms with Crippen molar-refractivity contribution in [3.05, 3.63) is 24.3 Å². The molecule has 1 aromatic rings. The Morgan fingerprint density at radius 3 is 3.00 bits per heavy atom. The van der Waals surface area contributed by atoms with Crippen molar-refractivity contribution < 1.29 is 19.1 Å². The van der Waals surface area contributed by atoms with Crippen LogP contribution in [0.4, 0.5) is 5.69 Å². The maximum absolute atomic E-state index is 11.6. The van der Waals surface area contributed by atoms with Gasteiger partial charge in [-0.25, -0.2) is 0 Å². The molecule has 1 N–H and O–H groups in total. The molecule has 1 amide bonds. The smallest absolute Gasteiger partial charge is 0.309 e. The van der Waals surface area contributed by atoms with Gasteiger partial charge >= 0.3 is 5.97 Å². The van der Waals surface area contributed by atoms with Crippen molar-refractivity contribution in [2.24, 2.45) is 0 Å². The molecule has 0 unspecified atom stereocenters. The number of hydrogen-bond donors (Lipinski definition) is 1. The molecule has 1 heterocycles. The number of rotatable bonds is 2. The van der Waals surface area contributed by atoms with Gasteiger partial charge in [0.05, 0.1) is 19.2 Å². The van der Waals surface area contributed by atoms with Gasteiger partial charge in [-0.1, -0.05) is 12.1 Å². The number of anilines is 1. The Hall–Kier alpha value is -2.04. The normalized spacial score (nSPS) is 18.1. The third-order valence-corrected chi connectivity index (χ3v) is 2.29. The maximum atomic E-state index is 11.6. The van der Waals surface area contributed by atoms with Crippen molar-refractivity contribution in [2.45, 2.75) is 12.5 Å². The molecular formula is C11H11NO4. The van der Waals surface area contributed by atoms with Gasteiger partial charge < -0.3 is 14.8 Å². The minimum Gasteiger partial charge on any atom is -0.478 e. The fraction of sp³-hybridized carbons (Fsp3) is 0.273. The number of carbonyl (C=O) groups excluding carboxylic acids is 2. The molecular weight excluding hydrogens is 210 g/mol. The van der Waals surface area contributed by atoms with E-state index in [4.69, 9.17) is 4.74 Å². The molecule has 5 nitrogen and oxygen atoms in total. The molecule has 0 bridgehead atoms. The molecule has 0 saturated heterocycles. The van der Waals surface area contributed by atoms with Gasteiger partial charge in [-0.05, 0) is 12.1 Å². The van der Waals surface area contributed by atoms with E-state index in [2.05, 4.69) is 10.1 Å². The van der Waals surface area contributed by atoms with Gasteiger partial charge in [0.1, 0.15) is 5.75 Å². The van der Waals surface area contributed by atoms with E-state index in [1.807, 2.05) is 0 Å². The highest BCUT2D eigenvalue weighted by Crippen LogP contribution is 2.29. The van der Waals surface area contributed by atoms with Gasteiger partial charge in [0.2, 0.25) is 0 Å². The lowest BCUT2D eigenvalue weighted by atomic mass is 10.1. The molecule has 0 aliphatic carbocycles. The van der Waals surface area contributed by atoms with Crippen LogP contribution in [0, 0.1) is 0 Å². The SMILES string of the molecule is COC(=O)C[C@H]1Oc2ccccc2NC1=O. The number of amides is 1. The van der Waals surface area contributed by atoms with Gasteiger partial charge in [-0.3, -0.25) is 9.59 Å². The van der Waals surface area contributed by atoms with Crippen LogP contribution < -0.4 is 10.1 Å². The van der Waals surface area contributed by atoms with Crippen LogP contribution in [0.15, 0.2) is 24.3 Å². The molecule has 1 aromatic carbocycles. The first-order valence-corrected chi connectivity index (χ1v) is 4.84. The number of esters is 1. The summed E-state index contributed by atoms with van der Waals surface area (Å²) in [6.07, 6.45) is -0.904. The Kier molecular flexibility index (Phi) is 2.76. The summed E-state index contributed by atoms with van der Waals surface area (Å²) in [5.74, 6) is -0.236. The molecule has 0 aromatic heterocycles. The van der Waals surface area contributed by atoms with Crippen molar-refractivity contribution >= 4 is 17.6 Å². The number of ether oxygens (including phenoxy) is 2. The van der Waals surface area contributed by atoms with Crippen molar-refractivity contribution in [1.82, 2.24) is 0 Å². The molecule has 5 heteroatoms. The van der Waals surface area contributed by atoms with Crippen molar-refractivity contribution in [3.8, 4) is 5.75 Å². The lowest BCUT2D eigenvalue weighted by molar-refractivity contribution is -0.145. The lowest BCUT2D eigenvalue weighted by Gasteiger charge is -2.24. The largest absolute Gasteiger partial charge is 0.478 e. The number of hydrogen-bond acceptors (Lipinski definition) is 4. The molecule has 1 aliphatic rings. The fourth-order valence-electron chi connectivity index (χ4n) is 1.46. The quantitative estimate of drug-likeness (QED) is 0.755. The molecule has 2 rings (SSSR count). The summed E-state index contributed by atoms with van der Waals surface area (Å²) in [5.41, 5.74) is 0.619. The van der Waals surface area contributed by atoms with E-state index < -0.39 is 12.1 Å². The third-order valence-electron chi connectivity index (χ3n) is 2.29. The number of nitrogens with one attached hydrogen (secondary N) is 1. The average molecular weight is 221 g/mol. The number of benzene rings is 1. The topological polar surface area (TPSA) is 64.6 Å². The van der Waals surface area contributed by atoms with E-state index in [1.54, 1.807) is 24.3 Å². The van der Waals surface area contributed by atoms with Crippen molar-refractivity contribution in [1.29, 1.82) is 0 Å². The monoisotopic (exact) mass is 221 g/mol. The Bertz CT molecular complexity index is 430. The van der Waals surface area contributed by atoms with E-state index in [0.29, 0.717) is 11.4 Å². The van der Waals surface area contributed by atoms with Crippen LogP contribution >= 0.6 is 0 Å². The van der Waals surface area contributed by atoms with E-state index in [0.717, 1.165) is 0 Å². The molecule has 0 saturated carbocycles. The molecule has 1 aliphatic heterocycles. The zero-order valence-corrected chi connectivity index (χ0v) is 8.73. The molecule has 0 radical (unpaired) electrons. The fourth-order valence-corrected chi connectivity index (χ4v) is 1.46. The predicted molar refractivity (Wildman–Crippen MR) is 56.1 cm³/mol. The molecule has 1 atom stereocenters. The Morgan fingerprint density at radius 2 is 2.25 bits per heavy atom. The Morgan fingerprint density at radius 1 is 1.50 bits per heavy atom. The zero-order valence-electron chi connectivity index (χ0n) is 8.73. The number of fused-ring (bicyclic) bond motifs is 1. The van der Waals surface area contributed by atoms with Crippen LogP contribution in [-0.4, -0.2) is 25.1 Å². The summed E-state index contributed by atoms with van der Waals surface area (Å²) < 4.78 is 9.89. The standard InChI is InChI=1S/C11H11NO4/c1-15-10(13)6-9-11(14)12-7-4-2-3-5-8(7)16-9/h2-5,9H,6H2,1H3,(H,12,14)/t9-/m1/s1. The van der Waals surface area contributed by atoms with E-state index in [1.165, 1.54) is 7.11 Å². The first-order valence-electron chi connectivity index (χ1n) is 4.84. The molecule has 0 fully saturated rings. The van der Waals surface area contributed by atoms with Crippen LogP contribution in [0.5, 0.6) is 5.75 Å². The van der Waals surface area contributed by atoms with E-state index in [9.17, 15) is 9.59 Å². The summed E-state index contributed by atoms with van der Waals surface area (Å²) in [6, 6.07) is 7.06. The second-order valence-corrected chi connectivity index (χ2v) is 3.37. The summed E-state index contributed by atoms with van der Waals surface area (Å²) in [4.78, 5) is 22.6. The number of carbonyl (C=O) groups is 2. The molecule has 0 spiro atoms. The third kappa shape index (κ3) is 1.98. The number of para-hydroxylation sites is 2. The summed E-state index contributed by atoms with van der Waals surface area (Å²) in [6.45, 7) is 0. The van der Waals surface area contributed by atoms with E-state index in [-0.39, 0.29) is 12.3 Å². The van der Waals surface area contributed by atoms with Crippen molar-refractivity contribution in [3.63, 3.8) is 0 Å². The highest BCUT2D eigenvalue weighted by molar-refractivity contribution is 5.99. The van der Waals surface area contributed by atoms with Crippen LogP contribution in [0.25, 0.3) is 0 Å². The lowest BCUT2D eigenvalue weighted by Crippen LogP contribution is -2.38. The number of methoxy groups -OCH3 is 1. The minimum atomic E-state index is -0.817. The van der Waals surface area contributed by atoms with Gasteiger partial charge in [-0.15, -0.1) is 0 Å². The highest BCUT2D eigenvalue weighted by atomic mass is 16.5. The van der Waals surface area contributed by atoms with E-state index >= 15 is 0 Å². The maximum Gasteiger partial charge on any atom is 0.309 e. The summed E-state index contributed by atoms with van der Waals surface area (Å²) in [5, 5.41) is 2.67. The molecule has 84 valence electrons. The van der Waals surface area contributed by atoms with Crippen LogP contribution in [0.3, 0.4) is 0 Å². The van der Waals surface area contributed by atoms with Gasteiger partial charge in [0.25, 0.3) is 5.91 Å². The van der Waals surface area contributed by atoms with Crippen LogP contribution in [0.1, 0.15) is 6.42 Å². The first kappa shape index (κ1) is 10.5.